The number of hydrogen-bond acceptors (Lipinski definition) is 2. The van der Waals surface area contributed by atoms with Crippen molar-refractivity contribution in [3.8, 4) is 0 Å². The van der Waals surface area contributed by atoms with Crippen molar-refractivity contribution in [1.82, 2.24) is 10.6 Å². The zero-order valence-electron chi connectivity index (χ0n) is 9.42. The van der Waals surface area contributed by atoms with E-state index in [2.05, 4.69) is 10.6 Å². The van der Waals surface area contributed by atoms with Crippen molar-refractivity contribution in [3.63, 3.8) is 0 Å². The van der Waals surface area contributed by atoms with Crippen LogP contribution in [-0.4, -0.2) is 19.5 Å². The number of nitrogens with one attached hydrogen (secondary N) is 2. The van der Waals surface area contributed by atoms with Gasteiger partial charge in [0.05, 0.1) is 0 Å². The van der Waals surface area contributed by atoms with Gasteiger partial charge in [-0.2, -0.15) is 0 Å². The Balaban J connectivity index is 2.29. The second kappa shape index (κ2) is 6.95. The predicted molar refractivity (Wildman–Crippen MR) is 61.4 cm³/mol. The van der Waals surface area contributed by atoms with Crippen LogP contribution in [0.25, 0.3) is 0 Å². The van der Waals surface area contributed by atoms with Gasteiger partial charge in [-0.05, 0) is 26.1 Å². The van der Waals surface area contributed by atoms with Gasteiger partial charge < -0.3 is 10.6 Å². The molecule has 1 aromatic carbocycles. The third kappa shape index (κ3) is 4.40. The monoisotopic (exact) mass is 224 g/mol. The van der Waals surface area contributed by atoms with E-state index in [-0.39, 0.29) is 18.3 Å². The number of hydrogen-bond donors (Lipinski definition) is 2. The lowest BCUT2D eigenvalue weighted by Gasteiger charge is -2.06. The summed E-state index contributed by atoms with van der Waals surface area (Å²) in [4.78, 5) is 11.3. The third-order valence-electron chi connectivity index (χ3n) is 2.26. The van der Waals surface area contributed by atoms with E-state index in [4.69, 9.17) is 0 Å². The highest BCUT2D eigenvalue weighted by atomic mass is 19.1. The summed E-state index contributed by atoms with van der Waals surface area (Å²) in [5.41, 5.74) is 0.518. The topological polar surface area (TPSA) is 41.1 Å². The van der Waals surface area contributed by atoms with Crippen LogP contribution in [0.4, 0.5) is 4.39 Å². The van der Waals surface area contributed by atoms with Crippen LogP contribution in [-0.2, 0) is 11.3 Å². The molecule has 0 aliphatic rings. The predicted octanol–water partition coefficient (Wildman–Crippen LogP) is 1.44. The SMILES string of the molecule is CNCCCC(=O)NCc1ccccc1F. The van der Waals surface area contributed by atoms with Crippen LogP contribution in [0.2, 0.25) is 0 Å². The molecule has 0 saturated carbocycles. The summed E-state index contributed by atoms with van der Waals surface area (Å²) in [5, 5.41) is 5.66. The van der Waals surface area contributed by atoms with Crippen molar-refractivity contribution >= 4 is 5.91 Å². The smallest absolute Gasteiger partial charge is 0.220 e. The molecule has 0 saturated heterocycles. The second-order valence-electron chi connectivity index (χ2n) is 3.58. The Bertz CT molecular complexity index is 342. The van der Waals surface area contributed by atoms with Crippen molar-refractivity contribution in [3.05, 3.63) is 35.6 Å². The third-order valence-corrected chi connectivity index (χ3v) is 2.26. The molecule has 88 valence electrons. The lowest BCUT2D eigenvalue weighted by atomic mass is 10.2. The molecule has 0 fully saturated rings. The van der Waals surface area contributed by atoms with E-state index in [1.54, 1.807) is 18.2 Å². The number of amides is 1. The first-order valence-corrected chi connectivity index (χ1v) is 5.38. The lowest BCUT2D eigenvalue weighted by Crippen LogP contribution is -2.24. The molecule has 4 heteroatoms. The summed E-state index contributed by atoms with van der Waals surface area (Å²) in [5.74, 6) is -0.323. The molecule has 0 aliphatic carbocycles. The minimum absolute atomic E-state index is 0.0431. The van der Waals surface area contributed by atoms with E-state index >= 15 is 0 Å². The van der Waals surface area contributed by atoms with Gasteiger partial charge in [-0.3, -0.25) is 4.79 Å². The van der Waals surface area contributed by atoms with Gasteiger partial charge in [-0.25, -0.2) is 4.39 Å². The Kier molecular flexibility index (Phi) is 5.50. The summed E-state index contributed by atoms with van der Waals surface area (Å²) >= 11 is 0. The van der Waals surface area contributed by atoms with E-state index in [9.17, 15) is 9.18 Å². The fourth-order valence-electron chi connectivity index (χ4n) is 1.35. The number of halogens is 1. The van der Waals surface area contributed by atoms with Gasteiger partial charge in [0, 0.05) is 18.5 Å². The van der Waals surface area contributed by atoms with Crippen molar-refractivity contribution in [2.75, 3.05) is 13.6 Å². The van der Waals surface area contributed by atoms with Gasteiger partial charge in [-0.15, -0.1) is 0 Å². The number of benzene rings is 1. The van der Waals surface area contributed by atoms with Crippen LogP contribution in [0.3, 0.4) is 0 Å². The van der Waals surface area contributed by atoms with Crippen molar-refractivity contribution < 1.29 is 9.18 Å². The minimum Gasteiger partial charge on any atom is -0.352 e. The number of rotatable bonds is 6. The Morgan fingerprint density at radius 3 is 2.81 bits per heavy atom. The average Bonchev–Trinajstić information content (AvgIpc) is 2.28. The molecule has 1 rings (SSSR count). The van der Waals surface area contributed by atoms with Crippen LogP contribution >= 0.6 is 0 Å². The Hall–Kier alpha value is -1.42. The van der Waals surface area contributed by atoms with Crippen LogP contribution in [0, 0.1) is 5.82 Å². The molecule has 3 nitrogen and oxygen atoms in total. The molecule has 0 radical (unpaired) electrons. The van der Waals surface area contributed by atoms with Crippen molar-refractivity contribution in [2.45, 2.75) is 19.4 Å². The molecule has 0 bridgehead atoms. The van der Waals surface area contributed by atoms with Gasteiger partial charge in [0.1, 0.15) is 5.82 Å². The van der Waals surface area contributed by atoms with E-state index in [0.717, 1.165) is 13.0 Å². The van der Waals surface area contributed by atoms with E-state index in [1.165, 1.54) is 6.07 Å². The van der Waals surface area contributed by atoms with Crippen LogP contribution < -0.4 is 10.6 Å². The fraction of sp³-hybridized carbons (Fsp3) is 0.417. The largest absolute Gasteiger partial charge is 0.352 e. The first kappa shape index (κ1) is 12.6. The van der Waals surface area contributed by atoms with Crippen LogP contribution in [0.1, 0.15) is 18.4 Å². The maximum Gasteiger partial charge on any atom is 0.220 e. The summed E-state index contributed by atoms with van der Waals surface area (Å²) in [6, 6.07) is 6.45. The normalized spacial score (nSPS) is 10.1. The maximum absolute atomic E-state index is 13.2. The number of carbonyl (C=O) groups is 1. The lowest BCUT2D eigenvalue weighted by molar-refractivity contribution is -0.121. The standard InChI is InChI=1S/C12H17FN2O/c1-14-8-4-7-12(16)15-9-10-5-2-3-6-11(10)13/h2-3,5-6,14H,4,7-9H2,1H3,(H,15,16). The van der Waals surface area contributed by atoms with Crippen molar-refractivity contribution in [2.24, 2.45) is 0 Å². The summed E-state index contributed by atoms with van der Waals surface area (Å²) in [6.07, 6.45) is 1.26. The molecule has 0 atom stereocenters. The Labute approximate surface area is 95.0 Å². The molecule has 0 aliphatic heterocycles. The highest BCUT2D eigenvalue weighted by Gasteiger charge is 2.03. The molecular formula is C12H17FN2O. The average molecular weight is 224 g/mol. The summed E-state index contributed by atoms with van der Waals surface area (Å²) in [7, 11) is 1.84. The fourth-order valence-corrected chi connectivity index (χ4v) is 1.35. The number of carbonyl (C=O) groups excluding carboxylic acids is 1. The van der Waals surface area contributed by atoms with Crippen LogP contribution in [0.15, 0.2) is 24.3 Å². The quantitative estimate of drug-likeness (QED) is 0.718. The molecule has 0 spiro atoms. The van der Waals surface area contributed by atoms with Gasteiger partial charge in [0.25, 0.3) is 0 Å². The maximum atomic E-state index is 13.2. The van der Waals surface area contributed by atoms with Gasteiger partial charge >= 0.3 is 0 Å². The first-order chi connectivity index (χ1) is 7.74. The van der Waals surface area contributed by atoms with E-state index < -0.39 is 0 Å². The van der Waals surface area contributed by atoms with E-state index in [0.29, 0.717) is 12.0 Å². The Morgan fingerprint density at radius 1 is 1.38 bits per heavy atom. The molecule has 0 aromatic heterocycles. The molecule has 16 heavy (non-hydrogen) atoms. The van der Waals surface area contributed by atoms with Crippen molar-refractivity contribution in [1.29, 1.82) is 0 Å². The molecule has 0 unspecified atom stereocenters. The highest BCUT2D eigenvalue weighted by Crippen LogP contribution is 2.05. The minimum atomic E-state index is -0.280. The zero-order chi connectivity index (χ0) is 11.8. The molecule has 1 aromatic rings. The Morgan fingerprint density at radius 2 is 2.12 bits per heavy atom. The van der Waals surface area contributed by atoms with Crippen LogP contribution in [0.5, 0.6) is 0 Å². The molecule has 1 amide bonds. The van der Waals surface area contributed by atoms with Gasteiger partial charge in [0.15, 0.2) is 0 Å². The first-order valence-electron chi connectivity index (χ1n) is 5.38. The second-order valence-corrected chi connectivity index (χ2v) is 3.58. The highest BCUT2D eigenvalue weighted by molar-refractivity contribution is 5.75. The molecule has 2 N–H and O–H groups in total. The summed E-state index contributed by atoms with van der Waals surface area (Å²) < 4.78 is 13.2. The molecular weight excluding hydrogens is 207 g/mol. The van der Waals surface area contributed by atoms with E-state index in [1.807, 2.05) is 7.05 Å². The van der Waals surface area contributed by atoms with Gasteiger partial charge in [0.2, 0.25) is 5.91 Å². The summed E-state index contributed by atoms with van der Waals surface area (Å²) in [6.45, 7) is 1.07. The molecule has 0 heterocycles. The zero-order valence-corrected chi connectivity index (χ0v) is 9.42. The van der Waals surface area contributed by atoms with Gasteiger partial charge in [-0.1, -0.05) is 18.2 Å².